The highest BCUT2D eigenvalue weighted by Gasteiger charge is 2.13. The summed E-state index contributed by atoms with van der Waals surface area (Å²) in [6.07, 6.45) is -0.705. The first-order valence-corrected chi connectivity index (χ1v) is 4.49. The zero-order valence-corrected chi connectivity index (χ0v) is 8.93. The minimum Gasteiger partial charge on any atom is -0.507 e. The molecule has 2 N–H and O–H groups in total. The van der Waals surface area contributed by atoms with Gasteiger partial charge in [0.25, 0.3) is 5.91 Å². The number of para-hydroxylation sites is 1. The fourth-order valence-electron chi connectivity index (χ4n) is 0.902. The normalized spacial score (nSPS) is 9.38. The van der Waals surface area contributed by atoms with E-state index in [2.05, 4.69) is 4.84 Å². The fraction of sp³-hybridized carbons (Fsp3) is 0.200. The van der Waals surface area contributed by atoms with E-state index in [0.29, 0.717) is 0 Å². The van der Waals surface area contributed by atoms with E-state index in [1.54, 1.807) is 12.1 Å². The van der Waals surface area contributed by atoms with E-state index >= 15 is 0 Å². The molecule has 6 heteroatoms. The van der Waals surface area contributed by atoms with Crippen LogP contribution >= 0.6 is 0 Å². The number of nitrogens with zero attached hydrogens (tertiary/aromatic N) is 1. The number of amides is 2. The smallest absolute Gasteiger partial charge is 0.433 e. The van der Waals surface area contributed by atoms with E-state index in [-0.39, 0.29) is 11.3 Å². The largest absolute Gasteiger partial charge is 0.507 e. The summed E-state index contributed by atoms with van der Waals surface area (Å²) in [7, 11) is 2.96. The molecule has 0 saturated heterocycles. The number of carbonyl (C=O) groups is 2. The SMILES string of the molecule is CN(C)C(=O)ONC(=O)c1ccccc1O. The van der Waals surface area contributed by atoms with Crippen molar-refractivity contribution < 1.29 is 19.5 Å². The van der Waals surface area contributed by atoms with Crippen LogP contribution in [-0.2, 0) is 4.84 Å². The van der Waals surface area contributed by atoms with E-state index in [1.165, 1.54) is 26.2 Å². The third kappa shape index (κ3) is 2.88. The molecule has 0 aliphatic rings. The van der Waals surface area contributed by atoms with Gasteiger partial charge in [-0.05, 0) is 12.1 Å². The van der Waals surface area contributed by atoms with Gasteiger partial charge in [-0.1, -0.05) is 12.1 Å². The zero-order chi connectivity index (χ0) is 12.1. The number of hydrogen-bond acceptors (Lipinski definition) is 4. The van der Waals surface area contributed by atoms with Crippen LogP contribution in [0.4, 0.5) is 4.79 Å². The van der Waals surface area contributed by atoms with Gasteiger partial charge in [0.05, 0.1) is 5.56 Å². The second-order valence-electron chi connectivity index (χ2n) is 3.21. The molecule has 0 spiro atoms. The molecule has 0 fully saturated rings. The van der Waals surface area contributed by atoms with E-state index in [9.17, 15) is 14.7 Å². The van der Waals surface area contributed by atoms with Crippen molar-refractivity contribution in [3.8, 4) is 5.75 Å². The summed E-state index contributed by atoms with van der Waals surface area (Å²) in [6, 6.07) is 5.94. The lowest BCUT2D eigenvalue weighted by Crippen LogP contribution is -2.33. The average molecular weight is 224 g/mol. The first-order valence-electron chi connectivity index (χ1n) is 4.49. The van der Waals surface area contributed by atoms with Crippen LogP contribution < -0.4 is 5.48 Å². The minimum atomic E-state index is -0.705. The van der Waals surface area contributed by atoms with Crippen molar-refractivity contribution in [2.45, 2.75) is 0 Å². The molecule has 1 rings (SSSR count). The van der Waals surface area contributed by atoms with Crippen LogP contribution in [0.5, 0.6) is 5.75 Å². The number of benzene rings is 1. The Morgan fingerprint density at radius 2 is 1.94 bits per heavy atom. The molecule has 0 bridgehead atoms. The summed E-state index contributed by atoms with van der Waals surface area (Å²) >= 11 is 0. The Balaban J connectivity index is 2.60. The highest BCUT2D eigenvalue weighted by molar-refractivity contribution is 5.96. The molecule has 0 unspecified atom stereocenters. The summed E-state index contributed by atoms with van der Waals surface area (Å²) in [5.41, 5.74) is 1.97. The number of rotatable bonds is 1. The van der Waals surface area contributed by atoms with Crippen molar-refractivity contribution in [2.24, 2.45) is 0 Å². The maximum Gasteiger partial charge on any atom is 0.433 e. The van der Waals surface area contributed by atoms with Crippen molar-refractivity contribution in [1.82, 2.24) is 10.4 Å². The maximum absolute atomic E-state index is 11.4. The van der Waals surface area contributed by atoms with Crippen molar-refractivity contribution in [3.63, 3.8) is 0 Å². The number of phenolic OH excluding ortho intramolecular Hbond substituents is 1. The summed E-state index contributed by atoms with van der Waals surface area (Å²) in [4.78, 5) is 28.0. The lowest BCUT2D eigenvalue weighted by Gasteiger charge is -2.10. The van der Waals surface area contributed by atoms with Gasteiger partial charge < -0.3 is 14.8 Å². The monoisotopic (exact) mass is 224 g/mol. The van der Waals surface area contributed by atoms with Gasteiger partial charge in [-0.15, -0.1) is 0 Å². The Kier molecular flexibility index (Phi) is 3.71. The van der Waals surface area contributed by atoms with Gasteiger partial charge in [0.15, 0.2) is 0 Å². The highest BCUT2D eigenvalue weighted by atomic mass is 16.7. The van der Waals surface area contributed by atoms with Crippen molar-refractivity contribution in [3.05, 3.63) is 29.8 Å². The van der Waals surface area contributed by atoms with Crippen molar-refractivity contribution >= 4 is 12.0 Å². The molecule has 1 aromatic rings. The Labute approximate surface area is 92.4 Å². The van der Waals surface area contributed by atoms with Crippen LogP contribution in [0.3, 0.4) is 0 Å². The molecule has 0 aromatic heterocycles. The van der Waals surface area contributed by atoms with Gasteiger partial charge in [-0.2, -0.15) is 5.48 Å². The van der Waals surface area contributed by atoms with Gasteiger partial charge in [0.1, 0.15) is 5.75 Å². The maximum atomic E-state index is 11.4. The molecule has 0 heterocycles. The fourth-order valence-corrected chi connectivity index (χ4v) is 0.902. The predicted octanol–water partition coefficient (Wildman–Crippen LogP) is 0.735. The van der Waals surface area contributed by atoms with Gasteiger partial charge in [-0.25, -0.2) is 4.79 Å². The summed E-state index contributed by atoms with van der Waals surface area (Å²) in [5.74, 6) is -0.866. The third-order valence-corrected chi connectivity index (χ3v) is 1.74. The first-order chi connectivity index (χ1) is 7.52. The van der Waals surface area contributed by atoms with Crippen LogP contribution in [0.1, 0.15) is 10.4 Å². The second-order valence-corrected chi connectivity index (χ2v) is 3.21. The number of hydrogen-bond donors (Lipinski definition) is 2. The lowest BCUT2D eigenvalue weighted by molar-refractivity contribution is 0.0477. The van der Waals surface area contributed by atoms with Crippen LogP contribution in [0, 0.1) is 0 Å². The molecule has 0 atom stereocenters. The Bertz CT molecular complexity index is 404. The highest BCUT2D eigenvalue weighted by Crippen LogP contribution is 2.14. The third-order valence-electron chi connectivity index (χ3n) is 1.74. The average Bonchev–Trinajstić information content (AvgIpc) is 2.25. The molecule has 0 aliphatic heterocycles. The number of phenols is 1. The number of carbonyl (C=O) groups excluding carboxylic acids is 2. The van der Waals surface area contributed by atoms with Gasteiger partial charge in [0.2, 0.25) is 0 Å². The molecule has 0 saturated carbocycles. The van der Waals surface area contributed by atoms with Crippen LogP contribution in [0.2, 0.25) is 0 Å². The molecule has 1 aromatic carbocycles. The van der Waals surface area contributed by atoms with Gasteiger partial charge in [-0.3, -0.25) is 4.79 Å². The quantitative estimate of drug-likeness (QED) is 0.689. The van der Waals surface area contributed by atoms with Crippen LogP contribution in [-0.4, -0.2) is 36.1 Å². The summed E-state index contributed by atoms with van der Waals surface area (Å²) < 4.78 is 0. The predicted molar refractivity (Wildman–Crippen MR) is 55.7 cm³/mol. The molecule has 6 nitrogen and oxygen atoms in total. The topological polar surface area (TPSA) is 78.9 Å². The van der Waals surface area contributed by atoms with Gasteiger partial charge >= 0.3 is 6.09 Å². The van der Waals surface area contributed by atoms with E-state index in [1.807, 2.05) is 5.48 Å². The molecule has 86 valence electrons. The van der Waals surface area contributed by atoms with Crippen molar-refractivity contribution in [2.75, 3.05) is 14.1 Å². The Hall–Kier alpha value is -2.24. The van der Waals surface area contributed by atoms with Crippen LogP contribution in [0.15, 0.2) is 24.3 Å². The molecular formula is C10H12N2O4. The summed E-state index contributed by atoms with van der Waals surface area (Å²) in [6.45, 7) is 0. The zero-order valence-electron chi connectivity index (χ0n) is 8.93. The molecule has 0 aliphatic carbocycles. The van der Waals surface area contributed by atoms with Crippen LogP contribution in [0.25, 0.3) is 0 Å². The number of hydroxylamine groups is 1. The van der Waals surface area contributed by atoms with Gasteiger partial charge in [0, 0.05) is 14.1 Å². The minimum absolute atomic E-state index is 0.0362. The first kappa shape index (κ1) is 11.8. The Morgan fingerprint density at radius 3 is 2.50 bits per heavy atom. The molecule has 0 radical (unpaired) electrons. The van der Waals surface area contributed by atoms with Crippen molar-refractivity contribution in [1.29, 1.82) is 0 Å². The second kappa shape index (κ2) is 5.01. The number of aromatic hydroxyl groups is 1. The van der Waals surface area contributed by atoms with E-state index < -0.39 is 12.0 Å². The molecule has 16 heavy (non-hydrogen) atoms. The lowest BCUT2D eigenvalue weighted by atomic mass is 10.2. The Morgan fingerprint density at radius 1 is 1.31 bits per heavy atom. The molecule has 2 amide bonds. The van der Waals surface area contributed by atoms with E-state index in [4.69, 9.17) is 0 Å². The summed E-state index contributed by atoms with van der Waals surface area (Å²) in [5, 5.41) is 9.34. The van der Waals surface area contributed by atoms with E-state index in [0.717, 1.165) is 4.90 Å². The number of nitrogens with one attached hydrogen (secondary N) is 1. The standard InChI is InChI=1S/C10H12N2O4/c1-12(2)10(15)16-11-9(14)7-5-3-4-6-8(7)13/h3-6,13H,1-2H3,(H,11,14). The molecular weight excluding hydrogens is 212 g/mol.